The molecular weight excluding hydrogens is 396 g/mol. The molecule has 0 spiro atoms. The summed E-state index contributed by atoms with van der Waals surface area (Å²) >= 11 is 0. The Morgan fingerprint density at radius 3 is 1.24 bits per heavy atom. The van der Waals surface area contributed by atoms with Crippen molar-refractivity contribution < 1.29 is 0 Å². The van der Waals surface area contributed by atoms with Crippen LogP contribution in [0.1, 0.15) is 50.2 Å². The van der Waals surface area contributed by atoms with E-state index in [1.807, 2.05) is 6.08 Å². The molecule has 0 N–H and O–H groups in total. The average molecular weight is 431 g/mol. The maximum atomic E-state index is 3.83. The first-order valence-corrected chi connectivity index (χ1v) is 12.3. The first-order valence-electron chi connectivity index (χ1n) is 12.3. The van der Waals surface area contributed by atoms with Gasteiger partial charge in [-0.05, 0) is 57.3 Å². The lowest BCUT2D eigenvalue weighted by molar-refractivity contribution is 0.632. The topological polar surface area (TPSA) is 0 Å². The van der Waals surface area contributed by atoms with Crippen LogP contribution in [0.25, 0.3) is 39.5 Å². The Morgan fingerprint density at radius 1 is 0.485 bits per heavy atom. The molecule has 0 aliphatic carbocycles. The molecule has 166 valence electrons. The van der Waals surface area contributed by atoms with E-state index in [2.05, 4.69) is 111 Å². The van der Waals surface area contributed by atoms with Crippen LogP contribution in [0.2, 0.25) is 0 Å². The zero-order valence-corrected chi connectivity index (χ0v) is 19.8. The number of hydrogen-bond acceptors (Lipinski definition) is 0. The van der Waals surface area contributed by atoms with Gasteiger partial charge in [0.1, 0.15) is 0 Å². The smallest absolute Gasteiger partial charge is 0.0184 e. The molecule has 0 saturated carbocycles. The van der Waals surface area contributed by atoms with E-state index in [0.29, 0.717) is 0 Å². The molecule has 0 aromatic heterocycles. The summed E-state index contributed by atoms with van der Waals surface area (Å²) in [6.07, 6.45) is 9.75. The Hall–Kier alpha value is -3.38. The second kappa shape index (κ2) is 11.5. The van der Waals surface area contributed by atoms with Gasteiger partial charge in [0.15, 0.2) is 0 Å². The minimum atomic E-state index is 1.15. The minimum absolute atomic E-state index is 1.15. The van der Waals surface area contributed by atoms with Crippen molar-refractivity contribution in [3.05, 3.63) is 115 Å². The second-order valence-electron chi connectivity index (χ2n) is 8.84. The van der Waals surface area contributed by atoms with Gasteiger partial charge in [0.05, 0.1) is 0 Å². The van der Waals surface area contributed by atoms with Crippen molar-refractivity contribution in [3.63, 3.8) is 0 Å². The predicted octanol–water partition coefficient (Wildman–Crippen LogP) is 9.84. The summed E-state index contributed by atoms with van der Waals surface area (Å²) in [4.78, 5) is 0. The zero-order chi connectivity index (χ0) is 22.9. The second-order valence-corrected chi connectivity index (χ2v) is 8.84. The molecular formula is C33H34. The fraction of sp³-hybridized carbons (Fsp3) is 0.212. The first kappa shape index (κ1) is 22.8. The Labute approximate surface area is 199 Å². The first-order chi connectivity index (χ1) is 16.3. The molecule has 33 heavy (non-hydrogen) atoms. The maximum absolute atomic E-state index is 3.83. The van der Waals surface area contributed by atoms with Crippen molar-refractivity contribution in [2.45, 2.75) is 45.4 Å². The van der Waals surface area contributed by atoms with E-state index in [4.69, 9.17) is 0 Å². The SMILES string of the molecule is C=Cc1ccc(-c2ccc(-c3ccc(-c4ccc(CCCCCCC)cc4)cc3)cc2)cc1. The summed E-state index contributed by atoms with van der Waals surface area (Å²) in [7, 11) is 0. The molecule has 0 atom stereocenters. The zero-order valence-electron chi connectivity index (χ0n) is 19.8. The Kier molecular flexibility index (Phi) is 7.93. The van der Waals surface area contributed by atoms with Crippen LogP contribution in [0.3, 0.4) is 0 Å². The van der Waals surface area contributed by atoms with Gasteiger partial charge in [-0.15, -0.1) is 0 Å². The van der Waals surface area contributed by atoms with Crippen LogP contribution in [0.15, 0.2) is 104 Å². The molecule has 4 aromatic rings. The van der Waals surface area contributed by atoms with E-state index in [9.17, 15) is 0 Å². The van der Waals surface area contributed by atoms with Crippen molar-refractivity contribution in [1.29, 1.82) is 0 Å². The highest BCUT2D eigenvalue weighted by atomic mass is 14.1. The molecule has 0 aliphatic rings. The fourth-order valence-corrected chi connectivity index (χ4v) is 4.32. The molecule has 0 heterocycles. The largest absolute Gasteiger partial charge is 0.0985 e. The van der Waals surface area contributed by atoms with Crippen molar-refractivity contribution in [3.8, 4) is 33.4 Å². The molecule has 0 nitrogen and oxygen atoms in total. The van der Waals surface area contributed by atoms with Gasteiger partial charge in [-0.2, -0.15) is 0 Å². The van der Waals surface area contributed by atoms with Crippen LogP contribution >= 0.6 is 0 Å². The number of rotatable bonds is 10. The Morgan fingerprint density at radius 2 is 0.848 bits per heavy atom. The molecule has 0 radical (unpaired) electrons. The van der Waals surface area contributed by atoms with Crippen LogP contribution in [-0.2, 0) is 6.42 Å². The third-order valence-electron chi connectivity index (χ3n) is 6.44. The van der Waals surface area contributed by atoms with E-state index in [0.717, 1.165) is 5.56 Å². The highest BCUT2D eigenvalue weighted by Crippen LogP contribution is 2.28. The van der Waals surface area contributed by atoms with Crippen LogP contribution in [0.4, 0.5) is 0 Å². The monoisotopic (exact) mass is 430 g/mol. The molecule has 0 bridgehead atoms. The van der Waals surface area contributed by atoms with Gasteiger partial charge in [-0.3, -0.25) is 0 Å². The molecule has 4 rings (SSSR count). The van der Waals surface area contributed by atoms with E-state index in [-0.39, 0.29) is 0 Å². The highest BCUT2D eigenvalue weighted by Gasteiger charge is 2.03. The van der Waals surface area contributed by atoms with Crippen LogP contribution in [0, 0.1) is 0 Å². The summed E-state index contributed by atoms with van der Waals surface area (Å²) < 4.78 is 0. The van der Waals surface area contributed by atoms with Crippen LogP contribution in [-0.4, -0.2) is 0 Å². The normalized spacial score (nSPS) is 10.8. The van der Waals surface area contributed by atoms with Crippen molar-refractivity contribution in [1.82, 2.24) is 0 Å². The lowest BCUT2D eigenvalue weighted by Gasteiger charge is -2.08. The third-order valence-corrected chi connectivity index (χ3v) is 6.44. The van der Waals surface area contributed by atoms with Crippen molar-refractivity contribution in [2.24, 2.45) is 0 Å². The summed E-state index contributed by atoms with van der Waals surface area (Å²) in [5, 5.41) is 0. The van der Waals surface area contributed by atoms with E-state index in [1.54, 1.807) is 0 Å². The van der Waals surface area contributed by atoms with Crippen molar-refractivity contribution >= 4 is 6.08 Å². The van der Waals surface area contributed by atoms with Gasteiger partial charge >= 0.3 is 0 Å². The van der Waals surface area contributed by atoms with Gasteiger partial charge < -0.3 is 0 Å². The van der Waals surface area contributed by atoms with Gasteiger partial charge in [-0.1, -0.05) is 142 Å². The molecule has 0 fully saturated rings. The van der Waals surface area contributed by atoms with Gasteiger partial charge in [0, 0.05) is 0 Å². The molecule has 0 unspecified atom stereocenters. The maximum Gasteiger partial charge on any atom is -0.0184 e. The average Bonchev–Trinajstić information content (AvgIpc) is 2.89. The number of unbranched alkanes of at least 4 members (excludes halogenated alkanes) is 4. The summed E-state index contributed by atoms with van der Waals surface area (Å²) in [5.41, 5.74) is 10.1. The minimum Gasteiger partial charge on any atom is -0.0985 e. The quantitative estimate of drug-likeness (QED) is 0.220. The van der Waals surface area contributed by atoms with Gasteiger partial charge in [0.25, 0.3) is 0 Å². The lowest BCUT2D eigenvalue weighted by Crippen LogP contribution is -1.87. The number of hydrogen-bond donors (Lipinski definition) is 0. The van der Waals surface area contributed by atoms with Gasteiger partial charge in [0.2, 0.25) is 0 Å². The Balaban J connectivity index is 1.39. The molecule has 0 saturated heterocycles. The van der Waals surface area contributed by atoms with E-state index < -0.39 is 0 Å². The number of aryl methyl sites for hydroxylation is 1. The predicted molar refractivity (Wildman–Crippen MR) is 145 cm³/mol. The van der Waals surface area contributed by atoms with Gasteiger partial charge in [-0.25, -0.2) is 0 Å². The van der Waals surface area contributed by atoms with E-state index in [1.165, 1.54) is 77.5 Å². The van der Waals surface area contributed by atoms with Crippen LogP contribution in [0.5, 0.6) is 0 Å². The molecule has 4 aromatic carbocycles. The lowest BCUT2D eigenvalue weighted by atomic mass is 9.97. The standard InChI is InChI=1S/C33H34/c1-3-5-6-7-8-9-27-12-16-29(17-13-27)31-20-24-33(25-21-31)32-22-18-30(19-23-32)28-14-10-26(4-2)11-15-28/h4,10-25H,2-3,5-9H2,1H3. The number of benzene rings is 4. The van der Waals surface area contributed by atoms with Crippen molar-refractivity contribution in [2.75, 3.05) is 0 Å². The summed E-state index contributed by atoms with van der Waals surface area (Å²) in [5.74, 6) is 0. The third kappa shape index (κ3) is 6.11. The molecule has 0 amide bonds. The highest BCUT2D eigenvalue weighted by molar-refractivity contribution is 5.73. The summed E-state index contributed by atoms with van der Waals surface area (Å²) in [6.45, 7) is 6.10. The Bertz CT molecular complexity index is 1130. The molecule has 0 aliphatic heterocycles. The van der Waals surface area contributed by atoms with E-state index >= 15 is 0 Å². The van der Waals surface area contributed by atoms with Crippen LogP contribution < -0.4 is 0 Å². The fourth-order valence-electron chi connectivity index (χ4n) is 4.32. The molecule has 0 heteroatoms. The summed E-state index contributed by atoms with van der Waals surface area (Å²) in [6, 6.07) is 35.4.